The number of methoxy groups -OCH3 is 4. The molecule has 0 aliphatic rings. The number of carbonyl (C=O) groups excluding carboxylic acids is 2. The van der Waals surface area contributed by atoms with Crippen LogP contribution in [0, 0.1) is 12.1 Å². The largest absolute Gasteiger partial charge is 0.469 e. The minimum atomic E-state index is -0.245. The molecule has 7 heteroatoms. The molecule has 0 saturated carbocycles. The second-order valence-corrected chi connectivity index (χ2v) is 7.51. The van der Waals surface area contributed by atoms with Gasteiger partial charge in [0.1, 0.15) is 0 Å². The van der Waals surface area contributed by atoms with Crippen LogP contribution in [-0.2, 0) is 67.7 Å². The van der Waals surface area contributed by atoms with Crippen molar-refractivity contribution < 1.29 is 61.2 Å². The third-order valence-corrected chi connectivity index (χ3v) is 3.88. The maximum Gasteiger partial charge on any atom is 0.302 e. The van der Waals surface area contributed by atoms with Crippen LogP contribution in [0.4, 0.5) is 0 Å². The molecule has 0 atom stereocenters. The zero-order valence-electron chi connectivity index (χ0n) is 34.3. The first-order valence-electron chi connectivity index (χ1n) is 16.6. The Labute approximate surface area is 363 Å². The van der Waals surface area contributed by atoms with Crippen molar-refractivity contribution in [2.75, 3.05) is 42.7 Å². The smallest absolute Gasteiger partial charge is 0.302 e. The topological polar surface area (TPSA) is 71.1 Å². The summed E-state index contributed by atoms with van der Waals surface area (Å²) < 4.78 is 16.7. The minimum Gasteiger partial charge on any atom is -0.469 e. The molecule has 54 heavy (non-hydrogen) atoms. The van der Waals surface area contributed by atoms with Gasteiger partial charge in [-0.15, -0.1) is 0 Å². The maximum absolute atomic E-state index is 9.59. The molecule has 0 unspecified atom stereocenters. The molecule has 6 nitrogen and oxygen atoms in total. The van der Waals surface area contributed by atoms with Crippen LogP contribution in [0.3, 0.4) is 0 Å². The first kappa shape index (κ1) is 83.7. The van der Waals surface area contributed by atoms with E-state index in [1.54, 1.807) is 28.4 Å². The van der Waals surface area contributed by atoms with Crippen molar-refractivity contribution in [3.8, 4) is 0 Å². The van der Waals surface area contributed by atoms with E-state index in [4.69, 9.17) is 0 Å². The van der Waals surface area contributed by atoms with E-state index in [-0.39, 0.29) is 74.4 Å². The van der Waals surface area contributed by atoms with Crippen molar-refractivity contribution in [2.24, 2.45) is 0 Å². The fraction of sp³-hybridized carbons (Fsp3) is 0.447. The monoisotopic (exact) mass is 836 g/mol. The summed E-state index contributed by atoms with van der Waals surface area (Å²) in [5.41, 5.74) is 2.74. The quantitative estimate of drug-likeness (QED) is 0.148. The average Bonchev–Trinajstić information content (AvgIpc) is 3.19. The molecule has 0 saturated heterocycles. The Hall–Kier alpha value is -3.16. The number of rotatable bonds is 2. The van der Waals surface area contributed by atoms with Crippen LogP contribution in [0.2, 0.25) is 0 Å². The Balaban J connectivity index is -0.0000000382. The molecule has 0 fully saturated rings. The number of ether oxygens (including phenoxy) is 4. The summed E-state index contributed by atoms with van der Waals surface area (Å²) in [6.45, 7) is 18.7. The second-order valence-electron chi connectivity index (χ2n) is 7.51. The van der Waals surface area contributed by atoms with Crippen molar-refractivity contribution in [3.05, 3.63) is 145 Å². The molecule has 1 radical (unpaired) electrons. The third-order valence-electron chi connectivity index (χ3n) is 3.88. The van der Waals surface area contributed by atoms with Gasteiger partial charge in [0.15, 0.2) is 0 Å². The predicted molar refractivity (Wildman–Crippen MR) is 240 cm³/mol. The standard InChI is InChI=1S/C13H12.2C6H5.2C3H6O2.2C2H6O.4C2H6.4CH4.Y/c1-3-7-12(8-4-1)11-13-9-5-2-6-10-13;2*1-2-4-6-5-3-1;2*1-3(4)5-2;2*1-3-2;4*1-2;;;;;/h1-10H,11H2;2*1-5H;2*1-2H3;2*1-2H3;4*1-2H3;4*1H4;/q;2*-1;;;;;;;;;;;;;. The summed E-state index contributed by atoms with van der Waals surface area (Å²) in [5, 5.41) is 0. The van der Waals surface area contributed by atoms with Crippen LogP contribution in [0.5, 0.6) is 0 Å². The fourth-order valence-corrected chi connectivity index (χ4v) is 2.11. The zero-order valence-corrected chi connectivity index (χ0v) is 37.1. The van der Waals surface area contributed by atoms with Gasteiger partial charge in [-0.3, -0.25) is 9.59 Å². The summed E-state index contributed by atoms with van der Waals surface area (Å²) in [6, 6.07) is 46.1. The van der Waals surface area contributed by atoms with Gasteiger partial charge in [-0.25, -0.2) is 0 Å². The summed E-state index contributed by atoms with van der Waals surface area (Å²) in [6.07, 6.45) is 1.03. The van der Waals surface area contributed by atoms with Gasteiger partial charge in [0.05, 0.1) is 14.2 Å². The van der Waals surface area contributed by atoms with Gasteiger partial charge in [-0.1, -0.05) is 146 Å². The van der Waals surface area contributed by atoms with Crippen molar-refractivity contribution in [1.29, 1.82) is 0 Å². The fourth-order valence-electron chi connectivity index (χ4n) is 2.11. The van der Waals surface area contributed by atoms with Crippen LogP contribution in [0.25, 0.3) is 0 Å². The molecule has 0 aliphatic heterocycles. The molecule has 0 bridgehead atoms. The molecule has 0 amide bonds. The average molecular weight is 836 g/mol. The summed E-state index contributed by atoms with van der Waals surface area (Å²) >= 11 is 0. The van der Waals surface area contributed by atoms with E-state index in [2.05, 4.69) is 91.7 Å². The van der Waals surface area contributed by atoms with E-state index in [1.165, 1.54) is 39.2 Å². The first-order valence-corrected chi connectivity index (χ1v) is 16.6. The summed E-state index contributed by atoms with van der Waals surface area (Å²) in [7, 11) is 9.20. The molecular formula is C47H86O6Y-2. The molecule has 4 aromatic rings. The second kappa shape index (κ2) is 92.6. The molecule has 315 valence electrons. The van der Waals surface area contributed by atoms with Gasteiger partial charge in [-0.05, 0) is 17.5 Å². The molecular weight excluding hydrogens is 749 g/mol. The van der Waals surface area contributed by atoms with Gasteiger partial charge >= 0.3 is 11.9 Å². The van der Waals surface area contributed by atoms with E-state index >= 15 is 0 Å². The molecule has 4 rings (SSSR count). The van der Waals surface area contributed by atoms with E-state index in [0.29, 0.717) is 0 Å². The Bertz CT molecular complexity index is 883. The number of hydrogen-bond acceptors (Lipinski definition) is 6. The molecule has 0 aromatic heterocycles. The Morgan fingerprint density at radius 2 is 0.593 bits per heavy atom. The van der Waals surface area contributed by atoms with Crippen LogP contribution < -0.4 is 0 Å². The van der Waals surface area contributed by atoms with Gasteiger partial charge in [-0.2, -0.15) is 72.8 Å². The van der Waals surface area contributed by atoms with Gasteiger partial charge in [0, 0.05) is 75.0 Å². The van der Waals surface area contributed by atoms with Crippen molar-refractivity contribution in [1.82, 2.24) is 0 Å². The van der Waals surface area contributed by atoms with E-state index in [9.17, 15) is 9.59 Å². The summed E-state index contributed by atoms with van der Waals surface area (Å²) in [5.74, 6) is -0.491. The zero-order chi connectivity index (χ0) is 39.4. The summed E-state index contributed by atoms with van der Waals surface area (Å²) in [4.78, 5) is 19.2. The first-order chi connectivity index (χ1) is 23.8. The third kappa shape index (κ3) is 104. The Morgan fingerprint density at radius 3 is 0.704 bits per heavy atom. The number of benzene rings is 4. The van der Waals surface area contributed by atoms with Gasteiger partial charge < -0.3 is 18.9 Å². The van der Waals surface area contributed by atoms with E-state index < -0.39 is 0 Å². The van der Waals surface area contributed by atoms with Crippen molar-refractivity contribution >= 4 is 11.9 Å². The van der Waals surface area contributed by atoms with Crippen LogP contribution in [0.1, 0.15) is 110 Å². The molecule has 0 aliphatic carbocycles. The number of hydrogen-bond donors (Lipinski definition) is 0. The van der Waals surface area contributed by atoms with Crippen molar-refractivity contribution in [3.63, 3.8) is 0 Å². The Morgan fingerprint density at radius 1 is 0.426 bits per heavy atom. The minimum absolute atomic E-state index is 0. The van der Waals surface area contributed by atoms with E-state index in [0.717, 1.165) is 6.42 Å². The molecule has 0 N–H and O–H groups in total. The number of esters is 2. The van der Waals surface area contributed by atoms with Crippen LogP contribution >= 0.6 is 0 Å². The van der Waals surface area contributed by atoms with Crippen LogP contribution in [-0.4, -0.2) is 54.6 Å². The molecule has 0 spiro atoms. The van der Waals surface area contributed by atoms with Gasteiger partial charge in [0.2, 0.25) is 0 Å². The SMILES string of the molecule is C.C.C.C.CC.CC.CC.CC.COC.COC.COC(C)=O.COC(C)=O.[Y].[c-]1ccccc1.[c-]1ccccc1.c1ccc(Cc2ccccc2)cc1. The molecule has 4 aromatic carbocycles. The maximum atomic E-state index is 9.59. The number of carbonyl (C=O) groups is 2. The van der Waals surface area contributed by atoms with Crippen LogP contribution in [0.15, 0.2) is 121 Å². The predicted octanol–water partition coefficient (Wildman–Crippen LogP) is 13.8. The Kier molecular flexibility index (Phi) is 143. The van der Waals surface area contributed by atoms with Gasteiger partial charge in [0.25, 0.3) is 0 Å². The van der Waals surface area contributed by atoms with E-state index in [1.807, 2.05) is 116 Å². The van der Waals surface area contributed by atoms with Crippen molar-refractivity contribution in [2.45, 2.75) is 105 Å². The molecule has 0 heterocycles. The normalized spacial score (nSPS) is 6.52.